The highest BCUT2D eigenvalue weighted by molar-refractivity contribution is 5.98. The molecule has 0 aliphatic heterocycles. The Balaban J connectivity index is 1.54. The molecule has 0 bridgehead atoms. The van der Waals surface area contributed by atoms with Gasteiger partial charge in [-0.25, -0.2) is 4.39 Å². The number of aryl methyl sites for hydroxylation is 1. The third-order valence-electron chi connectivity index (χ3n) is 4.67. The zero-order valence-electron chi connectivity index (χ0n) is 17.1. The summed E-state index contributed by atoms with van der Waals surface area (Å²) in [5.41, 5.74) is 2.78. The second-order valence-electron chi connectivity index (χ2n) is 6.97. The van der Waals surface area contributed by atoms with Crippen LogP contribution in [0.25, 0.3) is 0 Å². The average Bonchev–Trinajstić information content (AvgIpc) is 3.19. The van der Waals surface area contributed by atoms with Crippen molar-refractivity contribution in [1.29, 1.82) is 0 Å². The highest BCUT2D eigenvalue weighted by atomic mass is 19.1. The van der Waals surface area contributed by atoms with Gasteiger partial charge in [0.25, 0.3) is 5.91 Å². The van der Waals surface area contributed by atoms with Crippen molar-refractivity contribution in [1.82, 2.24) is 4.90 Å². The number of likely N-dealkylation sites (N-methyl/N-ethyl adjacent to an activating group) is 1. The Morgan fingerprint density at radius 1 is 1.07 bits per heavy atom. The number of halogens is 1. The summed E-state index contributed by atoms with van der Waals surface area (Å²) in [5, 5.41) is 2.83. The fourth-order valence-electron chi connectivity index (χ4n) is 2.81. The molecular formula is C23H23FN2O4. The Hall–Kier alpha value is -3.61. The minimum Gasteiger partial charge on any atom is -0.486 e. The fraction of sp³-hybridized carbons (Fsp3) is 0.217. The molecule has 0 radical (unpaired) electrons. The molecule has 0 unspecified atom stereocenters. The van der Waals surface area contributed by atoms with Crippen molar-refractivity contribution >= 4 is 17.5 Å². The molecule has 2 amide bonds. The first-order valence-electron chi connectivity index (χ1n) is 9.42. The number of nitrogens with one attached hydrogen (secondary N) is 1. The molecule has 3 aromatic rings. The smallest absolute Gasteiger partial charge is 0.289 e. The number of amides is 2. The Morgan fingerprint density at radius 2 is 1.80 bits per heavy atom. The second kappa shape index (κ2) is 9.26. The normalized spacial score (nSPS) is 10.5. The molecule has 1 N–H and O–H groups in total. The molecule has 0 aliphatic carbocycles. The lowest BCUT2D eigenvalue weighted by Gasteiger charge is -2.16. The van der Waals surface area contributed by atoms with Crippen molar-refractivity contribution in [2.45, 2.75) is 20.5 Å². The van der Waals surface area contributed by atoms with Crippen LogP contribution < -0.4 is 10.1 Å². The number of nitrogens with zero attached hydrogens (tertiary/aromatic N) is 1. The van der Waals surface area contributed by atoms with Crippen molar-refractivity contribution in [3.05, 3.63) is 83.1 Å². The van der Waals surface area contributed by atoms with Crippen LogP contribution in [0.4, 0.5) is 10.1 Å². The molecule has 1 aromatic heterocycles. The lowest BCUT2D eigenvalue weighted by Crippen LogP contribution is -2.34. The summed E-state index contributed by atoms with van der Waals surface area (Å²) in [4.78, 5) is 26.2. The first-order valence-corrected chi connectivity index (χ1v) is 9.42. The number of hydrogen-bond donors (Lipinski definition) is 1. The van der Waals surface area contributed by atoms with Crippen LogP contribution >= 0.6 is 0 Å². The largest absolute Gasteiger partial charge is 0.486 e. The van der Waals surface area contributed by atoms with E-state index in [0.717, 1.165) is 16.8 Å². The SMILES string of the molecule is Cc1cccc(NC(=O)CN(C)C(=O)c2ccc(COc3ccc(F)cc3)o2)c1C. The van der Waals surface area contributed by atoms with E-state index in [2.05, 4.69) is 5.32 Å². The van der Waals surface area contributed by atoms with Gasteiger partial charge in [0.2, 0.25) is 5.91 Å². The molecule has 2 aromatic carbocycles. The fourth-order valence-corrected chi connectivity index (χ4v) is 2.81. The molecule has 0 saturated carbocycles. The number of rotatable bonds is 7. The molecule has 1 heterocycles. The Bertz CT molecular complexity index is 1040. The van der Waals surface area contributed by atoms with E-state index in [4.69, 9.17) is 9.15 Å². The van der Waals surface area contributed by atoms with Crippen LogP contribution in [0.2, 0.25) is 0 Å². The minimum absolute atomic E-state index is 0.0930. The van der Waals surface area contributed by atoms with Crippen molar-refractivity contribution in [3.63, 3.8) is 0 Å². The third-order valence-corrected chi connectivity index (χ3v) is 4.67. The van der Waals surface area contributed by atoms with E-state index in [0.29, 0.717) is 11.5 Å². The summed E-state index contributed by atoms with van der Waals surface area (Å²) in [6.45, 7) is 3.87. The molecule has 30 heavy (non-hydrogen) atoms. The van der Waals surface area contributed by atoms with Crippen molar-refractivity contribution < 1.29 is 23.1 Å². The maximum absolute atomic E-state index is 12.9. The molecule has 156 valence electrons. The van der Waals surface area contributed by atoms with Gasteiger partial charge >= 0.3 is 0 Å². The van der Waals surface area contributed by atoms with Gasteiger partial charge < -0.3 is 19.4 Å². The Kier molecular flexibility index (Phi) is 6.51. The number of carbonyl (C=O) groups is 2. The van der Waals surface area contributed by atoms with Crippen molar-refractivity contribution in [3.8, 4) is 5.75 Å². The summed E-state index contributed by atoms with van der Waals surface area (Å²) in [6, 6.07) is 14.4. The van der Waals surface area contributed by atoms with E-state index < -0.39 is 5.91 Å². The number of benzene rings is 2. The van der Waals surface area contributed by atoms with Gasteiger partial charge in [0.15, 0.2) is 5.76 Å². The highest BCUT2D eigenvalue weighted by Gasteiger charge is 2.19. The van der Waals surface area contributed by atoms with Crippen LogP contribution in [0.5, 0.6) is 5.75 Å². The van der Waals surface area contributed by atoms with Crippen LogP contribution in [-0.2, 0) is 11.4 Å². The quantitative estimate of drug-likeness (QED) is 0.630. The van der Waals surface area contributed by atoms with Crippen LogP contribution in [-0.4, -0.2) is 30.3 Å². The lowest BCUT2D eigenvalue weighted by atomic mass is 10.1. The van der Waals surface area contributed by atoms with Gasteiger partial charge in [0, 0.05) is 12.7 Å². The molecule has 0 atom stereocenters. The molecule has 0 spiro atoms. The molecular weight excluding hydrogens is 387 g/mol. The van der Waals surface area contributed by atoms with Crippen molar-refractivity contribution in [2.75, 3.05) is 18.9 Å². The maximum Gasteiger partial charge on any atom is 0.289 e. The summed E-state index contributed by atoms with van der Waals surface area (Å²) in [6.07, 6.45) is 0. The Morgan fingerprint density at radius 3 is 2.53 bits per heavy atom. The van der Waals surface area contributed by atoms with E-state index in [1.807, 2.05) is 32.0 Å². The molecule has 3 rings (SSSR count). The monoisotopic (exact) mass is 410 g/mol. The van der Waals surface area contributed by atoms with Gasteiger partial charge in [0.05, 0.1) is 6.54 Å². The van der Waals surface area contributed by atoms with Gasteiger partial charge in [-0.15, -0.1) is 0 Å². The first kappa shape index (κ1) is 21.1. The topological polar surface area (TPSA) is 71.8 Å². The lowest BCUT2D eigenvalue weighted by molar-refractivity contribution is -0.116. The minimum atomic E-state index is -0.417. The zero-order valence-corrected chi connectivity index (χ0v) is 17.1. The van der Waals surface area contributed by atoms with Gasteiger partial charge in [-0.1, -0.05) is 12.1 Å². The van der Waals surface area contributed by atoms with Gasteiger partial charge in [-0.3, -0.25) is 9.59 Å². The summed E-state index contributed by atoms with van der Waals surface area (Å²) in [7, 11) is 1.53. The molecule has 7 heteroatoms. The third kappa shape index (κ3) is 5.26. The number of furan rings is 1. The van der Waals surface area contributed by atoms with Crippen LogP contribution in [0.1, 0.15) is 27.4 Å². The predicted molar refractivity (Wildman–Crippen MR) is 111 cm³/mol. The van der Waals surface area contributed by atoms with E-state index >= 15 is 0 Å². The van der Waals surface area contributed by atoms with E-state index in [1.165, 1.54) is 42.3 Å². The predicted octanol–water partition coefficient (Wildman–Crippen LogP) is 4.33. The molecule has 6 nitrogen and oxygen atoms in total. The van der Waals surface area contributed by atoms with Gasteiger partial charge in [-0.2, -0.15) is 0 Å². The van der Waals surface area contributed by atoms with E-state index in [-0.39, 0.29) is 30.6 Å². The van der Waals surface area contributed by atoms with E-state index in [1.54, 1.807) is 6.07 Å². The zero-order chi connectivity index (χ0) is 21.7. The van der Waals surface area contributed by atoms with Crippen LogP contribution in [0.3, 0.4) is 0 Å². The summed E-state index contributed by atoms with van der Waals surface area (Å²) < 4.78 is 24.0. The number of anilines is 1. The second-order valence-corrected chi connectivity index (χ2v) is 6.97. The number of carbonyl (C=O) groups excluding carboxylic acids is 2. The number of ether oxygens (including phenoxy) is 1. The molecule has 0 saturated heterocycles. The highest BCUT2D eigenvalue weighted by Crippen LogP contribution is 2.18. The van der Waals surface area contributed by atoms with Crippen LogP contribution in [0, 0.1) is 19.7 Å². The van der Waals surface area contributed by atoms with Gasteiger partial charge in [-0.05, 0) is 67.4 Å². The number of hydrogen-bond acceptors (Lipinski definition) is 4. The van der Waals surface area contributed by atoms with Crippen LogP contribution in [0.15, 0.2) is 59.0 Å². The first-order chi connectivity index (χ1) is 14.3. The summed E-state index contributed by atoms with van der Waals surface area (Å²) >= 11 is 0. The van der Waals surface area contributed by atoms with Gasteiger partial charge in [0.1, 0.15) is 23.9 Å². The maximum atomic E-state index is 12.9. The molecule has 0 aliphatic rings. The Labute approximate surface area is 174 Å². The summed E-state index contributed by atoms with van der Waals surface area (Å²) in [5.74, 6) is -0.0328. The van der Waals surface area contributed by atoms with Crippen molar-refractivity contribution in [2.24, 2.45) is 0 Å². The molecule has 0 fully saturated rings. The standard InChI is InChI=1S/C23H23FN2O4/c1-15-5-4-6-20(16(15)2)25-22(27)13-26(3)23(28)21-12-11-19(30-21)14-29-18-9-7-17(24)8-10-18/h4-12H,13-14H2,1-3H3,(H,25,27). The van der Waals surface area contributed by atoms with E-state index in [9.17, 15) is 14.0 Å². The average molecular weight is 410 g/mol.